The maximum Gasteiger partial charge on any atom is 0.253 e. The third-order valence-corrected chi connectivity index (χ3v) is 7.71. The highest BCUT2D eigenvalue weighted by Crippen LogP contribution is 2.32. The second kappa shape index (κ2) is 11.8. The minimum atomic E-state index is 0.0950. The second-order valence-corrected chi connectivity index (χ2v) is 10.3. The van der Waals surface area contributed by atoms with Gasteiger partial charge in [-0.2, -0.15) is 0 Å². The summed E-state index contributed by atoms with van der Waals surface area (Å²) in [4.78, 5) is 20.1. The van der Waals surface area contributed by atoms with Crippen molar-refractivity contribution in [1.29, 1.82) is 0 Å². The molecular formula is C30H37N5O. The number of nitrogens with two attached hydrogens (primary N) is 1. The van der Waals surface area contributed by atoms with Gasteiger partial charge in [0.15, 0.2) is 0 Å². The molecule has 2 fully saturated rings. The third-order valence-electron chi connectivity index (χ3n) is 7.71. The monoisotopic (exact) mass is 483 g/mol. The van der Waals surface area contributed by atoms with E-state index in [0.717, 1.165) is 31.5 Å². The highest BCUT2D eigenvalue weighted by Gasteiger charge is 2.33. The molecule has 188 valence electrons. The van der Waals surface area contributed by atoms with Gasteiger partial charge in [0, 0.05) is 37.0 Å². The zero-order valence-corrected chi connectivity index (χ0v) is 20.8. The SMILES string of the molecule is NC1NC1NCC1CCC(CN(CC(c2ccccc2)c2ccncc2)C(=O)c2ccccc2)CC1. The molecule has 1 aromatic heterocycles. The standard InChI is InChI=1S/C30H37N5O/c31-28-29(34-28)33-19-22-11-13-23(14-12-22)20-35(30(36)26-9-5-2-6-10-26)21-27(24-7-3-1-4-8-24)25-15-17-32-18-16-25/h1-10,15-18,22-23,27-29,33-34H,11-14,19-21,31H2. The van der Waals surface area contributed by atoms with Crippen molar-refractivity contribution in [1.82, 2.24) is 20.5 Å². The molecular weight excluding hydrogens is 446 g/mol. The number of carbonyl (C=O) groups is 1. The van der Waals surface area contributed by atoms with Crippen LogP contribution in [0, 0.1) is 11.8 Å². The van der Waals surface area contributed by atoms with Gasteiger partial charge in [-0.3, -0.25) is 20.4 Å². The maximum absolute atomic E-state index is 13.8. The van der Waals surface area contributed by atoms with Gasteiger partial charge in [-0.1, -0.05) is 48.5 Å². The van der Waals surface area contributed by atoms with Crippen molar-refractivity contribution < 1.29 is 4.79 Å². The molecule has 5 rings (SSSR count). The smallest absolute Gasteiger partial charge is 0.253 e. The molecule has 3 aromatic rings. The first-order chi connectivity index (χ1) is 17.7. The lowest BCUT2D eigenvalue weighted by Gasteiger charge is -2.35. The van der Waals surface area contributed by atoms with Crippen molar-refractivity contribution in [2.24, 2.45) is 17.6 Å². The molecule has 1 aliphatic carbocycles. The molecule has 4 N–H and O–H groups in total. The highest BCUT2D eigenvalue weighted by molar-refractivity contribution is 5.94. The Bertz CT molecular complexity index is 1050. The van der Waals surface area contributed by atoms with Gasteiger partial charge in [0.25, 0.3) is 5.91 Å². The van der Waals surface area contributed by atoms with E-state index in [1.54, 1.807) is 0 Å². The molecule has 0 radical (unpaired) electrons. The van der Waals surface area contributed by atoms with Crippen LogP contribution in [0.5, 0.6) is 0 Å². The van der Waals surface area contributed by atoms with Crippen LogP contribution in [0.3, 0.4) is 0 Å². The fourth-order valence-electron chi connectivity index (χ4n) is 5.47. The van der Waals surface area contributed by atoms with Crippen LogP contribution in [0.25, 0.3) is 0 Å². The Morgan fingerprint density at radius 2 is 1.50 bits per heavy atom. The predicted octanol–water partition coefficient (Wildman–Crippen LogP) is 3.97. The van der Waals surface area contributed by atoms with Gasteiger partial charge in [0.2, 0.25) is 0 Å². The summed E-state index contributed by atoms with van der Waals surface area (Å²) in [7, 11) is 0. The van der Waals surface area contributed by atoms with E-state index in [1.165, 1.54) is 24.0 Å². The Morgan fingerprint density at radius 1 is 0.917 bits per heavy atom. The molecule has 0 bridgehead atoms. The molecule has 6 nitrogen and oxygen atoms in total. The van der Waals surface area contributed by atoms with E-state index >= 15 is 0 Å². The van der Waals surface area contributed by atoms with Crippen LogP contribution in [0.1, 0.15) is 53.1 Å². The van der Waals surface area contributed by atoms with Crippen molar-refractivity contribution in [2.45, 2.75) is 43.9 Å². The zero-order valence-electron chi connectivity index (χ0n) is 20.8. The lowest BCUT2D eigenvalue weighted by Crippen LogP contribution is -2.40. The number of rotatable bonds is 10. The molecule has 1 saturated carbocycles. The van der Waals surface area contributed by atoms with Crippen molar-refractivity contribution >= 4 is 5.91 Å². The van der Waals surface area contributed by atoms with E-state index in [0.29, 0.717) is 18.4 Å². The molecule has 36 heavy (non-hydrogen) atoms. The average molecular weight is 484 g/mol. The highest BCUT2D eigenvalue weighted by atomic mass is 16.2. The molecule has 3 unspecified atom stereocenters. The van der Waals surface area contributed by atoms with E-state index < -0.39 is 0 Å². The Morgan fingerprint density at radius 3 is 2.14 bits per heavy atom. The quantitative estimate of drug-likeness (QED) is 0.380. The maximum atomic E-state index is 13.8. The minimum absolute atomic E-state index is 0.0950. The van der Waals surface area contributed by atoms with E-state index in [1.807, 2.05) is 48.8 Å². The topological polar surface area (TPSA) is 93.2 Å². The van der Waals surface area contributed by atoms with Crippen LogP contribution in [0.2, 0.25) is 0 Å². The first kappa shape index (κ1) is 24.6. The van der Waals surface area contributed by atoms with Crippen molar-refractivity contribution in [2.75, 3.05) is 19.6 Å². The summed E-state index contributed by atoms with van der Waals surface area (Å²) in [5.41, 5.74) is 9.00. The van der Waals surface area contributed by atoms with Crippen molar-refractivity contribution in [3.8, 4) is 0 Å². The van der Waals surface area contributed by atoms with Crippen LogP contribution < -0.4 is 16.4 Å². The second-order valence-electron chi connectivity index (χ2n) is 10.3. The first-order valence-corrected chi connectivity index (χ1v) is 13.2. The van der Waals surface area contributed by atoms with Crippen LogP contribution in [0.15, 0.2) is 85.2 Å². The molecule has 1 amide bonds. The molecule has 1 aliphatic heterocycles. The summed E-state index contributed by atoms with van der Waals surface area (Å²) in [6, 6.07) is 24.4. The van der Waals surface area contributed by atoms with E-state index in [9.17, 15) is 4.79 Å². The lowest BCUT2D eigenvalue weighted by atomic mass is 9.81. The molecule has 2 aromatic carbocycles. The Hall–Kier alpha value is -3.06. The molecule has 2 aliphatic rings. The minimum Gasteiger partial charge on any atom is -0.337 e. The Labute approximate surface area is 214 Å². The summed E-state index contributed by atoms with van der Waals surface area (Å²) in [5, 5.41) is 6.73. The van der Waals surface area contributed by atoms with Gasteiger partial charge in [0.05, 0.1) is 12.3 Å². The summed E-state index contributed by atoms with van der Waals surface area (Å²) in [6.07, 6.45) is 8.77. The normalized spacial score (nSPS) is 24.1. The third kappa shape index (κ3) is 6.38. The van der Waals surface area contributed by atoms with Crippen LogP contribution >= 0.6 is 0 Å². The molecule has 2 heterocycles. The fraction of sp³-hybridized carbons (Fsp3) is 0.400. The summed E-state index contributed by atoms with van der Waals surface area (Å²) in [5.74, 6) is 1.41. The molecule has 3 atom stereocenters. The number of nitrogens with one attached hydrogen (secondary N) is 2. The van der Waals surface area contributed by atoms with Crippen LogP contribution in [0.4, 0.5) is 0 Å². The van der Waals surface area contributed by atoms with Gasteiger partial charge >= 0.3 is 0 Å². The molecule has 1 saturated heterocycles. The van der Waals surface area contributed by atoms with Gasteiger partial charge in [-0.15, -0.1) is 0 Å². The summed E-state index contributed by atoms with van der Waals surface area (Å²) in [6.45, 7) is 2.45. The molecule has 0 spiro atoms. The number of aromatic nitrogens is 1. The number of nitrogens with zero attached hydrogens (tertiary/aromatic N) is 2. The van der Waals surface area contributed by atoms with Gasteiger partial charge in [-0.25, -0.2) is 0 Å². The van der Waals surface area contributed by atoms with Crippen LogP contribution in [-0.2, 0) is 0 Å². The number of hydrogen-bond donors (Lipinski definition) is 3. The van der Waals surface area contributed by atoms with Crippen molar-refractivity contribution in [3.05, 3.63) is 102 Å². The van der Waals surface area contributed by atoms with Gasteiger partial charge in [0.1, 0.15) is 0 Å². The van der Waals surface area contributed by atoms with Crippen molar-refractivity contribution in [3.63, 3.8) is 0 Å². The first-order valence-electron chi connectivity index (χ1n) is 13.2. The Balaban J connectivity index is 1.31. The number of hydrogen-bond acceptors (Lipinski definition) is 5. The molecule has 6 heteroatoms. The largest absolute Gasteiger partial charge is 0.337 e. The zero-order chi connectivity index (χ0) is 24.7. The van der Waals surface area contributed by atoms with Gasteiger partial charge < -0.3 is 10.6 Å². The fourth-order valence-corrected chi connectivity index (χ4v) is 5.47. The number of benzene rings is 2. The average Bonchev–Trinajstić information content (AvgIpc) is 3.66. The number of amides is 1. The van der Waals surface area contributed by atoms with Crippen LogP contribution in [-0.4, -0.2) is 47.8 Å². The predicted molar refractivity (Wildman–Crippen MR) is 143 cm³/mol. The number of carbonyl (C=O) groups excluding carboxylic acids is 1. The lowest BCUT2D eigenvalue weighted by molar-refractivity contribution is 0.0699. The Kier molecular flexibility index (Phi) is 8.06. The van der Waals surface area contributed by atoms with E-state index in [2.05, 4.69) is 56.9 Å². The summed E-state index contributed by atoms with van der Waals surface area (Å²) < 4.78 is 0. The van der Waals surface area contributed by atoms with Gasteiger partial charge in [-0.05, 0) is 79.5 Å². The van der Waals surface area contributed by atoms with E-state index in [4.69, 9.17) is 5.73 Å². The van der Waals surface area contributed by atoms with E-state index in [-0.39, 0.29) is 24.2 Å². The summed E-state index contributed by atoms with van der Waals surface area (Å²) >= 11 is 0. The number of pyridine rings is 1.